The van der Waals surface area contributed by atoms with E-state index < -0.39 is 0 Å². The van der Waals surface area contributed by atoms with Gasteiger partial charge in [0.05, 0.1) is 0 Å². The number of nitrogens with two attached hydrogens (primary N) is 1. The number of ether oxygens (including phenoxy) is 1. The molecule has 0 atom stereocenters. The summed E-state index contributed by atoms with van der Waals surface area (Å²) in [5, 5.41) is 7.51. The van der Waals surface area contributed by atoms with Crippen molar-refractivity contribution in [3.05, 3.63) is 41.4 Å². The number of aromatic nitrogens is 2. The maximum absolute atomic E-state index is 13.1. The van der Waals surface area contributed by atoms with E-state index in [-0.39, 0.29) is 12.4 Å². The highest BCUT2D eigenvalue weighted by Crippen LogP contribution is 2.21. The van der Waals surface area contributed by atoms with Gasteiger partial charge >= 0.3 is 0 Å². The highest BCUT2D eigenvalue weighted by atomic mass is 19.1. The standard InChI is InChI=1S/C12H14FN3O2/c1-8-15-16-12(18-8)7-17-11-3-2-10(13)6-9(11)4-5-14/h2-3,6H,4-5,7,14H2,1H3. The number of hydrogen-bond acceptors (Lipinski definition) is 5. The Labute approximate surface area is 104 Å². The molecule has 1 aromatic carbocycles. The molecule has 6 heteroatoms. The van der Waals surface area contributed by atoms with E-state index in [1.807, 2.05) is 0 Å². The smallest absolute Gasteiger partial charge is 0.253 e. The first-order chi connectivity index (χ1) is 8.69. The van der Waals surface area contributed by atoms with Crippen molar-refractivity contribution in [1.29, 1.82) is 0 Å². The van der Waals surface area contributed by atoms with Crippen molar-refractivity contribution < 1.29 is 13.5 Å². The summed E-state index contributed by atoms with van der Waals surface area (Å²) in [7, 11) is 0. The van der Waals surface area contributed by atoms with E-state index in [2.05, 4.69) is 10.2 Å². The van der Waals surface area contributed by atoms with Gasteiger partial charge in [0.15, 0.2) is 6.61 Å². The number of hydrogen-bond donors (Lipinski definition) is 1. The van der Waals surface area contributed by atoms with Crippen LogP contribution in [0.1, 0.15) is 17.3 Å². The molecular formula is C12H14FN3O2. The maximum Gasteiger partial charge on any atom is 0.253 e. The van der Waals surface area contributed by atoms with E-state index in [4.69, 9.17) is 14.9 Å². The van der Waals surface area contributed by atoms with Crippen LogP contribution in [0.3, 0.4) is 0 Å². The molecule has 2 rings (SSSR count). The Balaban J connectivity index is 2.08. The molecule has 5 nitrogen and oxygen atoms in total. The number of rotatable bonds is 5. The number of halogens is 1. The third-order valence-electron chi connectivity index (χ3n) is 2.36. The number of aryl methyl sites for hydroxylation is 1. The van der Waals surface area contributed by atoms with Gasteiger partial charge in [-0.15, -0.1) is 10.2 Å². The largest absolute Gasteiger partial charge is 0.484 e. The minimum absolute atomic E-state index is 0.157. The van der Waals surface area contributed by atoms with Gasteiger partial charge in [-0.05, 0) is 36.7 Å². The molecule has 96 valence electrons. The van der Waals surface area contributed by atoms with Gasteiger partial charge in [0, 0.05) is 6.92 Å². The summed E-state index contributed by atoms with van der Waals surface area (Å²) in [5.41, 5.74) is 6.20. The fourth-order valence-corrected chi connectivity index (χ4v) is 1.58. The average molecular weight is 251 g/mol. The van der Waals surface area contributed by atoms with Crippen molar-refractivity contribution in [1.82, 2.24) is 10.2 Å². The molecule has 0 saturated carbocycles. The topological polar surface area (TPSA) is 74.2 Å². The Bertz CT molecular complexity index is 528. The van der Waals surface area contributed by atoms with Gasteiger partial charge in [0.2, 0.25) is 5.89 Å². The molecule has 0 bridgehead atoms. The minimum Gasteiger partial charge on any atom is -0.484 e. The Morgan fingerprint density at radius 3 is 2.89 bits per heavy atom. The zero-order chi connectivity index (χ0) is 13.0. The van der Waals surface area contributed by atoms with Gasteiger partial charge in [-0.25, -0.2) is 4.39 Å². The summed E-state index contributed by atoms with van der Waals surface area (Å²) in [6.07, 6.45) is 0.552. The lowest BCUT2D eigenvalue weighted by atomic mass is 10.1. The van der Waals surface area contributed by atoms with Crippen molar-refractivity contribution in [3.8, 4) is 5.75 Å². The summed E-state index contributed by atoms with van der Waals surface area (Å²) in [5.74, 6) is 1.14. The first-order valence-corrected chi connectivity index (χ1v) is 5.59. The van der Waals surface area contributed by atoms with Crippen LogP contribution < -0.4 is 10.5 Å². The molecule has 2 N–H and O–H groups in total. The van der Waals surface area contributed by atoms with Crippen molar-refractivity contribution in [2.75, 3.05) is 6.54 Å². The predicted molar refractivity (Wildman–Crippen MR) is 62.5 cm³/mol. The molecule has 1 heterocycles. The molecular weight excluding hydrogens is 237 g/mol. The van der Waals surface area contributed by atoms with Crippen LogP contribution in [0.4, 0.5) is 4.39 Å². The summed E-state index contributed by atoms with van der Waals surface area (Å²) in [6, 6.07) is 4.33. The molecule has 0 aliphatic rings. The lowest BCUT2D eigenvalue weighted by Crippen LogP contribution is -2.06. The van der Waals surface area contributed by atoms with Crippen LogP contribution in [0.2, 0.25) is 0 Å². The summed E-state index contributed by atoms with van der Waals surface area (Å²) < 4.78 is 23.8. The summed E-state index contributed by atoms with van der Waals surface area (Å²) >= 11 is 0. The highest BCUT2D eigenvalue weighted by Gasteiger charge is 2.08. The van der Waals surface area contributed by atoms with Crippen molar-refractivity contribution >= 4 is 0 Å². The Hall–Kier alpha value is -1.95. The molecule has 18 heavy (non-hydrogen) atoms. The van der Waals surface area contributed by atoms with E-state index in [1.165, 1.54) is 12.1 Å². The summed E-state index contributed by atoms with van der Waals surface area (Å²) in [4.78, 5) is 0. The van der Waals surface area contributed by atoms with E-state index in [0.717, 1.165) is 5.56 Å². The quantitative estimate of drug-likeness (QED) is 0.873. The highest BCUT2D eigenvalue weighted by molar-refractivity contribution is 5.34. The fourth-order valence-electron chi connectivity index (χ4n) is 1.58. The van der Waals surface area contributed by atoms with E-state index in [1.54, 1.807) is 13.0 Å². The van der Waals surface area contributed by atoms with Crippen molar-refractivity contribution in [2.45, 2.75) is 20.0 Å². The van der Waals surface area contributed by atoms with Crippen LogP contribution in [-0.2, 0) is 13.0 Å². The van der Waals surface area contributed by atoms with Gasteiger partial charge in [-0.1, -0.05) is 0 Å². The van der Waals surface area contributed by atoms with E-state index in [9.17, 15) is 4.39 Å². The molecule has 0 amide bonds. The normalized spacial score (nSPS) is 10.6. The SMILES string of the molecule is Cc1nnc(COc2ccc(F)cc2CCN)o1. The molecule has 0 unspecified atom stereocenters. The van der Waals surface area contributed by atoms with Gasteiger partial charge in [-0.3, -0.25) is 0 Å². The summed E-state index contributed by atoms with van der Waals surface area (Å²) in [6.45, 7) is 2.29. The van der Waals surface area contributed by atoms with Gasteiger partial charge in [0.25, 0.3) is 5.89 Å². The van der Waals surface area contributed by atoms with Gasteiger partial charge < -0.3 is 14.9 Å². The first-order valence-electron chi connectivity index (χ1n) is 5.59. The molecule has 0 spiro atoms. The minimum atomic E-state index is -0.306. The fraction of sp³-hybridized carbons (Fsp3) is 0.333. The zero-order valence-corrected chi connectivity index (χ0v) is 10.0. The second kappa shape index (κ2) is 5.59. The van der Waals surface area contributed by atoms with Crippen LogP contribution in [0, 0.1) is 12.7 Å². The third kappa shape index (κ3) is 3.04. The molecule has 0 radical (unpaired) electrons. The van der Waals surface area contributed by atoms with Crippen LogP contribution >= 0.6 is 0 Å². The van der Waals surface area contributed by atoms with Crippen LogP contribution in [0.5, 0.6) is 5.75 Å². The number of nitrogens with zero attached hydrogens (tertiary/aromatic N) is 2. The Morgan fingerprint density at radius 2 is 2.22 bits per heavy atom. The Kier molecular flexibility index (Phi) is 3.88. The molecule has 0 aliphatic carbocycles. The van der Waals surface area contributed by atoms with Gasteiger partial charge in [0.1, 0.15) is 11.6 Å². The van der Waals surface area contributed by atoms with Crippen molar-refractivity contribution in [2.24, 2.45) is 5.73 Å². The van der Waals surface area contributed by atoms with Crippen molar-refractivity contribution in [3.63, 3.8) is 0 Å². The predicted octanol–water partition coefficient (Wildman–Crippen LogP) is 1.60. The van der Waals surface area contributed by atoms with Gasteiger partial charge in [-0.2, -0.15) is 0 Å². The Morgan fingerprint density at radius 1 is 1.39 bits per heavy atom. The van der Waals surface area contributed by atoms with E-state index >= 15 is 0 Å². The monoisotopic (exact) mass is 251 g/mol. The van der Waals surface area contributed by atoms with Crippen LogP contribution in [0.15, 0.2) is 22.6 Å². The second-order valence-corrected chi connectivity index (χ2v) is 3.79. The number of benzene rings is 1. The third-order valence-corrected chi connectivity index (χ3v) is 2.36. The lowest BCUT2D eigenvalue weighted by molar-refractivity contribution is 0.258. The molecule has 1 aromatic heterocycles. The molecule has 2 aromatic rings. The molecule has 0 fully saturated rings. The van der Waals surface area contributed by atoms with Crippen LogP contribution in [0.25, 0.3) is 0 Å². The molecule has 0 aliphatic heterocycles. The van der Waals surface area contributed by atoms with E-state index in [0.29, 0.717) is 30.5 Å². The zero-order valence-electron chi connectivity index (χ0n) is 10.0. The second-order valence-electron chi connectivity index (χ2n) is 3.79. The lowest BCUT2D eigenvalue weighted by Gasteiger charge is -2.09. The average Bonchev–Trinajstić information content (AvgIpc) is 2.75. The molecule has 0 saturated heterocycles. The maximum atomic E-state index is 13.1. The first kappa shape index (κ1) is 12.5. The van der Waals surface area contributed by atoms with Crippen LogP contribution in [-0.4, -0.2) is 16.7 Å².